The molecule has 0 fully saturated rings. The van der Waals surface area contributed by atoms with Crippen molar-refractivity contribution in [3.05, 3.63) is 54.1 Å². The number of nitrogens with zero attached hydrogens (tertiary/aromatic N) is 2. The SMILES string of the molecule is CCNC(c1cnccn1)C1CSc2ccccc21. The average Bonchev–Trinajstić information content (AvgIpc) is 2.89. The Labute approximate surface area is 117 Å². The van der Waals surface area contributed by atoms with E-state index in [-0.39, 0.29) is 6.04 Å². The molecule has 98 valence electrons. The summed E-state index contributed by atoms with van der Waals surface area (Å²) in [4.78, 5) is 10.1. The summed E-state index contributed by atoms with van der Waals surface area (Å²) in [5.74, 6) is 1.57. The highest BCUT2D eigenvalue weighted by Gasteiger charge is 2.31. The van der Waals surface area contributed by atoms with Crippen molar-refractivity contribution >= 4 is 11.8 Å². The minimum atomic E-state index is 0.245. The number of hydrogen-bond donors (Lipinski definition) is 1. The number of benzene rings is 1. The maximum atomic E-state index is 4.48. The first-order valence-electron chi connectivity index (χ1n) is 6.61. The first kappa shape index (κ1) is 12.6. The van der Waals surface area contributed by atoms with Gasteiger partial charge < -0.3 is 5.32 Å². The van der Waals surface area contributed by atoms with E-state index in [1.54, 1.807) is 12.4 Å². The van der Waals surface area contributed by atoms with Crippen molar-refractivity contribution in [3.8, 4) is 0 Å². The molecule has 1 N–H and O–H groups in total. The molecule has 4 heteroatoms. The van der Waals surface area contributed by atoms with Crippen LogP contribution in [0.4, 0.5) is 0 Å². The monoisotopic (exact) mass is 271 g/mol. The van der Waals surface area contributed by atoms with Crippen LogP contribution >= 0.6 is 11.8 Å². The minimum Gasteiger partial charge on any atom is -0.308 e. The molecule has 0 aliphatic carbocycles. The zero-order valence-electron chi connectivity index (χ0n) is 10.9. The highest BCUT2D eigenvalue weighted by molar-refractivity contribution is 7.99. The Balaban J connectivity index is 1.94. The lowest BCUT2D eigenvalue weighted by molar-refractivity contribution is 0.473. The van der Waals surface area contributed by atoms with Crippen molar-refractivity contribution in [2.24, 2.45) is 0 Å². The number of hydrogen-bond acceptors (Lipinski definition) is 4. The van der Waals surface area contributed by atoms with Gasteiger partial charge in [-0.1, -0.05) is 25.1 Å². The molecule has 0 radical (unpaired) electrons. The van der Waals surface area contributed by atoms with Crippen LogP contribution in [0, 0.1) is 0 Å². The van der Waals surface area contributed by atoms with Crippen LogP contribution < -0.4 is 5.32 Å². The summed E-state index contributed by atoms with van der Waals surface area (Å²) < 4.78 is 0. The van der Waals surface area contributed by atoms with Crippen molar-refractivity contribution in [2.45, 2.75) is 23.8 Å². The standard InChI is InChI=1S/C15H17N3S/c1-2-17-15(13-9-16-7-8-18-13)12-10-19-14-6-4-3-5-11(12)14/h3-9,12,15,17H,2,10H2,1H3. The van der Waals surface area contributed by atoms with Gasteiger partial charge in [-0.15, -0.1) is 11.8 Å². The van der Waals surface area contributed by atoms with Crippen LogP contribution in [-0.2, 0) is 0 Å². The molecule has 0 spiro atoms. The van der Waals surface area contributed by atoms with Crippen LogP contribution in [0.2, 0.25) is 0 Å². The second-order valence-electron chi connectivity index (χ2n) is 4.62. The molecule has 2 heterocycles. The predicted molar refractivity (Wildman–Crippen MR) is 78.4 cm³/mol. The Morgan fingerprint density at radius 3 is 3.05 bits per heavy atom. The first-order valence-corrected chi connectivity index (χ1v) is 7.59. The van der Waals surface area contributed by atoms with Crippen LogP contribution in [-0.4, -0.2) is 22.3 Å². The van der Waals surface area contributed by atoms with Gasteiger partial charge in [0.25, 0.3) is 0 Å². The summed E-state index contributed by atoms with van der Waals surface area (Å²) in [6.07, 6.45) is 5.37. The molecule has 3 rings (SSSR count). The van der Waals surface area contributed by atoms with Crippen LogP contribution in [0.5, 0.6) is 0 Å². The van der Waals surface area contributed by atoms with Gasteiger partial charge >= 0.3 is 0 Å². The maximum absolute atomic E-state index is 4.48. The highest BCUT2D eigenvalue weighted by Crippen LogP contribution is 2.44. The van der Waals surface area contributed by atoms with Crippen molar-refractivity contribution in [2.75, 3.05) is 12.3 Å². The Kier molecular flexibility index (Phi) is 3.80. The number of aromatic nitrogens is 2. The third-order valence-corrected chi connectivity index (χ3v) is 4.67. The van der Waals surface area contributed by atoms with Gasteiger partial charge in [-0.2, -0.15) is 0 Å². The number of thioether (sulfide) groups is 1. The van der Waals surface area contributed by atoms with E-state index >= 15 is 0 Å². The minimum absolute atomic E-state index is 0.245. The third-order valence-electron chi connectivity index (χ3n) is 3.47. The molecule has 1 aliphatic rings. The highest BCUT2D eigenvalue weighted by atomic mass is 32.2. The van der Waals surface area contributed by atoms with Gasteiger partial charge in [-0.05, 0) is 18.2 Å². The largest absolute Gasteiger partial charge is 0.308 e. The number of nitrogens with one attached hydrogen (secondary N) is 1. The maximum Gasteiger partial charge on any atom is 0.0762 e. The normalized spacial score (nSPS) is 19.1. The molecule has 0 amide bonds. The molecular weight excluding hydrogens is 254 g/mol. The fraction of sp³-hybridized carbons (Fsp3) is 0.333. The smallest absolute Gasteiger partial charge is 0.0762 e. The number of likely N-dealkylation sites (N-methyl/N-ethyl adjacent to an activating group) is 1. The van der Waals surface area contributed by atoms with E-state index in [9.17, 15) is 0 Å². The van der Waals surface area contributed by atoms with Crippen molar-refractivity contribution in [3.63, 3.8) is 0 Å². The molecule has 0 saturated carbocycles. The Morgan fingerprint density at radius 1 is 1.37 bits per heavy atom. The van der Waals surface area contributed by atoms with E-state index in [0.717, 1.165) is 18.0 Å². The van der Waals surface area contributed by atoms with Gasteiger partial charge in [0.05, 0.1) is 11.7 Å². The van der Waals surface area contributed by atoms with Gasteiger partial charge in [-0.25, -0.2) is 0 Å². The molecular formula is C15H17N3S. The van der Waals surface area contributed by atoms with Crippen LogP contribution in [0.15, 0.2) is 47.8 Å². The molecule has 2 aromatic rings. The summed E-state index contributed by atoms with van der Waals surface area (Å²) in [5, 5.41) is 3.57. The number of fused-ring (bicyclic) bond motifs is 1. The topological polar surface area (TPSA) is 37.8 Å². The zero-order valence-corrected chi connectivity index (χ0v) is 11.7. The fourth-order valence-corrected chi connectivity index (χ4v) is 3.90. The van der Waals surface area contributed by atoms with E-state index in [1.165, 1.54) is 10.5 Å². The lowest BCUT2D eigenvalue weighted by Gasteiger charge is -2.24. The Bertz CT molecular complexity index is 544. The molecule has 2 unspecified atom stereocenters. The van der Waals surface area contributed by atoms with Gasteiger partial charge in [0.1, 0.15) is 0 Å². The van der Waals surface area contributed by atoms with E-state index in [1.807, 2.05) is 18.0 Å². The third kappa shape index (κ3) is 2.51. The molecule has 0 bridgehead atoms. The molecule has 1 aromatic carbocycles. The van der Waals surface area contributed by atoms with E-state index < -0.39 is 0 Å². The molecule has 0 saturated heterocycles. The van der Waals surface area contributed by atoms with Crippen LogP contribution in [0.1, 0.15) is 30.1 Å². The summed E-state index contributed by atoms with van der Waals surface area (Å²) in [7, 11) is 0. The second-order valence-corrected chi connectivity index (χ2v) is 5.68. The van der Waals surface area contributed by atoms with E-state index in [2.05, 4.69) is 46.5 Å². The number of rotatable bonds is 4. The molecule has 1 aliphatic heterocycles. The summed E-state index contributed by atoms with van der Waals surface area (Å²) in [6.45, 7) is 3.07. The Hall–Kier alpha value is -1.39. The van der Waals surface area contributed by atoms with Crippen molar-refractivity contribution in [1.29, 1.82) is 0 Å². The lowest BCUT2D eigenvalue weighted by atomic mass is 9.91. The molecule has 1 aromatic heterocycles. The predicted octanol–water partition coefficient (Wildman–Crippen LogP) is 3.02. The van der Waals surface area contributed by atoms with E-state index in [0.29, 0.717) is 5.92 Å². The van der Waals surface area contributed by atoms with Gasteiger partial charge in [0.2, 0.25) is 0 Å². The summed E-state index contributed by atoms with van der Waals surface area (Å²) in [5.41, 5.74) is 2.47. The van der Waals surface area contributed by atoms with Crippen molar-refractivity contribution in [1.82, 2.24) is 15.3 Å². The Morgan fingerprint density at radius 2 is 2.26 bits per heavy atom. The second kappa shape index (κ2) is 5.72. The fourth-order valence-electron chi connectivity index (χ4n) is 2.61. The zero-order chi connectivity index (χ0) is 13.1. The van der Waals surface area contributed by atoms with E-state index in [4.69, 9.17) is 0 Å². The van der Waals surface area contributed by atoms with Crippen LogP contribution in [0.3, 0.4) is 0 Å². The molecule has 3 nitrogen and oxygen atoms in total. The first-order chi connectivity index (χ1) is 9.40. The molecule has 2 atom stereocenters. The van der Waals surface area contributed by atoms with Gasteiger partial charge in [0.15, 0.2) is 0 Å². The van der Waals surface area contributed by atoms with Gasteiger partial charge in [0, 0.05) is 35.2 Å². The quantitative estimate of drug-likeness (QED) is 0.927. The van der Waals surface area contributed by atoms with Gasteiger partial charge in [-0.3, -0.25) is 9.97 Å². The average molecular weight is 271 g/mol. The van der Waals surface area contributed by atoms with Crippen LogP contribution in [0.25, 0.3) is 0 Å². The van der Waals surface area contributed by atoms with Crippen molar-refractivity contribution < 1.29 is 0 Å². The molecule has 19 heavy (non-hydrogen) atoms. The summed E-state index contributed by atoms with van der Waals surface area (Å²) in [6, 6.07) is 8.92. The lowest BCUT2D eigenvalue weighted by Crippen LogP contribution is -2.28. The summed E-state index contributed by atoms with van der Waals surface area (Å²) >= 11 is 1.94.